The number of nitrogens with one attached hydrogen (secondary N) is 1. The predicted octanol–water partition coefficient (Wildman–Crippen LogP) is 5.90. The Labute approximate surface area is 297 Å². The van der Waals surface area contributed by atoms with Gasteiger partial charge in [-0.3, -0.25) is 14.5 Å². The summed E-state index contributed by atoms with van der Waals surface area (Å²) in [6.07, 6.45) is 14.3. The summed E-state index contributed by atoms with van der Waals surface area (Å²) in [5.74, 6) is 0.0639. The quantitative estimate of drug-likeness (QED) is 0.264. The number of fused-ring (bicyclic) bond motifs is 3. The number of aryl methyl sites for hydroxylation is 1. The van der Waals surface area contributed by atoms with E-state index in [4.69, 9.17) is 21.1 Å². The lowest BCUT2D eigenvalue weighted by Gasteiger charge is -2.45. The maximum atomic E-state index is 14.2. The van der Waals surface area contributed by atoms with Crippen molar-refractivity contribution in [2.24, 2.45) is 28.0 Å². The van der Waals surface area contributed by atoms with Gasteiger partial charge in [-0.15, -0.1) is 0 Å². The van der Waals surface area contributed by atoms with Crippen LogP contribution in [0.2, 0.25) is 5.02 Å². The predicted molar refractivity (Wildman–Crippen MR) is 192 cm³/mol. The number of carbonyl (C=O) groups is 2. The van der Waals surface area contributed by atoms with Crippen molar-refractivity contribution in [1.82, 2.24) is 10.2 Å². The highest BCUT2D eigenvalue weighted by molar-refractivity contribution is 7.76. The maximum absolute atomic E-state index is 14.2. The minimum Gasteiger partial charge on any atom is -0.496 e. The Kier molecular flexibility index (Phi) is 11.1. The number of allylic oxidation sites excluding steroid dienone is 3. The number of carbonyl (C=O) groups excluding carboxylic acids is 2. The molecule has 0 saturated heterocycles. The average Bonchev–Trinajstić information content (AvgIpc) is 3.07. The van der Waals surface area contributed by atoms with Crippen molar-refractivity contribution in [2.75, 3.05) is 20.3 Å². The van der Waals surface area contributed by atoms with Crippen molar-refractivity contribution < 1.29 is 28.4 Å². The monoisotopic (exact) mass is 713 g/mol. The first-order valence-corrected chi connectivity index (χ1v) is 19.5. The van der Waals surface area contributed by atoms with E-state index in [-0.39, 0.29) is 29.9 Å². The number of methoxy groups -OCH3 is 1. The third kappa shape index (κ3) is 8.04. The molecule has 49 heavy (non-hydrogen) atoms. The lowest BCUT2D eigenvalue weighted by atomic mass is 9.69. The van der Waals surface area contributed by atoms with Gasteiger partial charge in [0, 0.05) is 43.1 Å². The molecule has 1 aromatic rings. The van der Waals surface area contributed by atoms with Crippen LogP contribution in [0, 0.1) is 23.7 Å². The Morgan fingerprint density at radius 2 is 1.98 bits per heavy atom. The number of halogens is 1. The number of benzene rings is 1. The van der Waals surface area contributed by atoms with E-state index in [2.05, 4.69) is 38.9 Å². The van der Waals surface area contributed by atoms with Gasteiger partial charge in [0.15, 0.2) is 0 Å². The van der Waals surface area contributed by atoms with Gasteiger partial charge >= 0.3 is 0 Å². The van der Waals surface area contributed by atoms with Gasteiger partial charge in [-0.25, -0.2) is 4.21 Å². The zero-order chi connectivity index (χ0) is 34.9. The first-order valence-electron chi connectivity index (χ1n) is 17.9. The van der Waals surface area contributed by atoms with Crippen LogP contribution in [-0.2, 0) is 42.6 Å². The van der Waals surface area contributed by atoms with E-state index in [1.54, 1.807) is 27.0 Å². The molecule has 1 aromatic carbocycles. The van der Waals surface area contributed by atoms with Crippen LogP contribution in [-0.4, -0.2) is 68.9 Å². The van der Waals surface area contributed by atoms with Crippen LogP contribution in [0.25, 0.3) is 0 Å². The molecule has 5 aliphatic rings. The minimum atomic E-state index is -2.56. The van der Waals surface area contributed by atoms with Crippen molar-refractivity contribution in [3.8, 4) is 0 Å². The van der Waals surface area contributed by atoms with E-state index in [1.807, 2.05) is 19.1 Å². The first kappa shape index (κ1) is 36.3. The van der Waals surface area contributed by atoms with Crippen LogP contribution >= 0.6 is 11.6 Å². The van der Waals surface area contributed by atoms with Crippen molar-refractivity contribution >= 4 is 34.0 Å². The second-order valence-electron chi connectivity index (χ2n) is 15.3. The van der Waals surface area contributed by atoms with Crippen LogP contribution in [0.3, 0.4) is 0 Å². The Bertz CT molecular complexity index is 1610. The molecule has 2 unspecified atom stereocenters. The smallest absolute Gasteiger partial charge is 0.280 e. The Balaban J connectivity index is 1.38. The molecule has 2 amide bonds. The molecule has 9 nitrogen and oxygen atoms in total. The molecular weight excluding hydrogens is 662 g/mol. The van der Waals surface area contributed by atoms with Crippen LogP contribution in [0.5, 0.6) is 0 Å². The van der Waals surface area contributed by atoms with Crippen LogP contribution in [0.4, 0.5) is 0 Å². The normalized spacial score (nSPS) is 38.2. The van der Waals surface area contributed by atoms with Gasteiger partial charge < -0.3 is 19.9 Å². The number of thiol groups is 1. The fourth-order valence-electron chi connectivity index (χ4n) is 8.14. The first-order chi connectivity index (χ1) is 23.4. The highest BCUT2D eigenvalue weighted by Gasteiger charge is 2.46. The summed E-state index contributed by atoms with van der Waals surface area (Å²) in [4.78, 5) is 28.4. The largest absolute Gasteiger partial charge is 0.496 e. The topological polar surface area (TPSA) is 118 Å². The van der Waals surface area contributed by atoms with Gasteiger partial charge in [0.2, 0.25) is 5.91 Å². The lowest BCUT2D eigenvalue weighted by molar-refractivity contribution is -0.140. The van der Waals surface area contributed by atoms with Crippen molar-refractivity contribution in [3.05, 3.63) is 70.0 Å². The Hall–Kier alpha value is -2.50. The molecule has 0 aromatic heterocycles. The molecule has 2 saturated carbocycles. The summed E-state index contributed by atoms with van der Waals surface area (Å²) in [7, 11) is -0.808. The van der Waals surface area contributed by atoms with Crippen molar-refractivity contribution in [3.63, 3.8) is 0 Å². The number of amides is 2. The van der Waals surface area contributed by atoms with Gasteiger partial charge in [0.1, 0.15) is 10.6 Å². The number of nitrogens with zero attached hydrogens (tertiary/aromatic N) is 2. The number of hydrogen-bond acceptors (Lipinski definition) is 7. The fraction of sp³-hybridized carbons (Fsp3) is 0.632. The van der Waals surface area contributed by atoms with Gasteiger partial charge in [0.25, 0.3) is 5.91 Å². The fourth-order valence-corrected chi connectivity index (χ4v) is 9.52. The SMILES string of the molecule is CO[C@H]1/C=C/C[C@H](C)[C@](C)(NC(=O)C2CC(C)(O)C2)/[SH](=O)=N\C(=O)C2=CC=C3OCCCCc4cc(Cl)ccc4CN(C[C@@H]4CC[C@H]41)C3C2. The van der Waals surface area contributed by atoms with Crippen molar-refractivity contribution in [1.29, 1.82) is 0 Å². The standard InChI is InChI=1S/C38H52ClN3O6S/c1-24-8-7-10-33(47-4)31-15-12-28(31)23-42-22-27-11-14-30(39)18-25(27)9-5-6-17-48-34-16-13-26(19-32(34)42)36(44)41-49(46)38(24,3)40-35(43)29-20-37(2,45)21-29/h7,10-11,13-14,16,18,24,28-29,31-33,45,49H,5-6,8-9,12,15,17,19-23H2,1-4H3,(H,40,43)/b10-7+/t24-,28-,29?,31+,32?,33-,37?,38+/m0/s1. The van der Waals surface area contributed by atoms with Gasteiger partial charge in [-0.2, -0.15) is 4.36 Å². The third-order valence-electron chi connectivity index (χ3n) is 11.7. The highest BCUT2D eigenvalue weighted by Crippen LogP contribution is 2.42. The van der Waals surface area contributed by atoms with Crippen LogP contribution < -0.4 is 5.32 Å². The number of ether oxygens (including phenoxy) is 2. The molecule has 2 bridgehead atoms. The molecule has 3 aliphatic carbocycles. The molecule has 0 spiro atoms. The van der Waals surface area contributed by atoms with Gasteiger partial charge in [-0.05, 0) is 118 Å². The van der Waals surface area contributed by atoms with E-state index in [9.17, 15) is 18.9 Å². The molecule has 2 N–H and O–H groups in total. The third-order valence-corrected chi connectivity index (χ3v) is 13.6. The van der Waals surface area contributed by atoms with Crippen molar-refractivity contribution in [2.45, 2.75) is 108 Å². The molecule has 2 fully saturated rings. The van der Waals surface area contributed by atoms with Gasteiger partial charge in [0.05, 0.1) is 34.9 Å². The van der Waals surface area contributed by atoms with E-state index >= 15 is 0 Å². The molecule has 2 heterocycles. The zero-order valence-electron chi connectivity index (χ0n) is 29.2. The van der Waals surface area contributed by atoms with E-state index in [0.717, 1.165) is 49.4 Å². The summed E-state index contributed by atoms with van der Waals surface area (Å²) >= 11 is 6.46. The van der Waals surface area contributed by atoms with Crippen LogP contribution in [0.1, 0.15) is 83.3 Å². The summed E-state index contributed by atoms with van der Waals surface area (Å²) in [6.45, 7) is 7.44. The van der Waals surface area contributed by atoms with E-state index in [0.29, 0.717) is 56.2 Å². The number of rotatable bonds is 3. The number of hydrogen-bond donors (Lipinski definition) is 3. The second kappa shape index (κ2) is 15.0. The summed E-state index contributed by atoms with van der Waals surface area (Å²) in [5, 5.41) is 14.0. The van der Waals surface area contributed by atoms with Gasteiger partial charge in [-0.1, -0.05) is 36.7 Å². The zero-order valence-corrected chi connectivity index (χ0v) is 30.8. The molecule has 11 heteroatoms. The van der Waals surface area contributed by atoms with E-state index < -0.39 is 27.0 Å². The molecular formula is C38H52ClN3O6S. The summed E-state index contributed by atoms with van der Waals surface area (Å²) in [6, 6.07) is 5.96. The minimum absolute atomic E-state index is 0.0833. The Morgan fingerprint density at radius 1 is 1.18 bits per heavy atom. The second-order valence-corrected chi connectivity index (χ2v) is 17.4. The lowest BCUT2D eigenvalue weighted by Crippen LogP contribution is -2.57. The van der Waals surface area contributed by atoms with Crippen LogP contribution in [0.15, 0.2) is 58.2 Å². The molecule has 268 valence electrons. The Morgan fingerprint density at radius 3 is 2.69 bits per heavy atom. The number of aliphatic hydroxyl groups is 1. The van der Waals surface area contributed by atoms with E-state index in [1.165, 1.54) is 11.1 Å². The molecule has 0 radical (unpaired) electrons. The average molecular weight is 714 g/mol. The summed E-state index contributed by atoms with van der Waals surface area (Å²) in [5.41, 5.74) is 2.06. The summed E-state index contributed by atoms with van der Waals surface area (Å²) < 4.78 is 31.0. The molecule has 7 atom stereocenters. The maximum Gasteiger partial charge on any atom is 0.280 e. The highest BCUT2D eigenvalue weighted by atomic mass is 35.5. The molecule has 6 rings (SSSR count). The molecule has 2 aliphatic heterocycles.